The molecule has 1 aliphatic heterocycles. The van der Waals surface area contributed by atoms with Crippen molar-refractivity contribution in [1.82, 2.24) is 19.9 Å². The number of hydrogen-bond donors (Lipinski definition) is 2. The first-order chi connectivity index (χ1) is 13.5. The molecular weight excluding hydrogens is 367 g/mol. The highest BCUT2D eigenvalue weighted by Crippen LogP contribution is 2.30. The van der Waals surface area contributed by atoms with Gasteiger partial charge in [-0.05, 0) is 42.7 Å². The number of aromatic nitrogens is 3. The number of aryl methyl sites for hydroxylation is 1. The van der Waals surface area contributed by atoms with E-state index in [4.69, 9.17) is 0 Å². The van der Waals surface area contributed by atoms with Crippen molar-refractivity contribution in [3.05, 3.63) is 71.9 Å². The van der Waals surface area contributed by atoms with Gasteiger partial charge >= 0.3 is 6.18 Å². The van der Waals surface area contributed by atoms with Gasteiger partial charge in [0.2, 0.25) is 0 Å². The minimum atomic E-state index is -4.39. The third kappa shape index (κ3) is 4.17. The molecule has 0 saturated carbocycles. The number of pyridine rings is 1. The highest BCUT2D eigenvalue weighted by Gasteiger charge is 2.30. The van der Waals surface area contributed by atoms with Gasteiger partial charge in [0.15, 0.2) is 0 Å². The van der Waals surface area contributed by atoms with E-state index < -0.39 is 11.7 Å². The summed E-state index contributed by atoms with van der Waals surface area (Å²) < 4.78 is 40.6. The fraction of sp³-hybridized carbons (Fsp3) is 0.300. The van der Waals surface area contributed by atoms with Gasteiger partial charge in [0.05, 0.1) is 11.6 Å². The second kappa shape index (κ2) is 7.63. The maximum Gasteiger partial charge on any atom is 0.416 e. The molecule has 8 heteroatoms. The van der Waals surface area contributed by atoms with E-state index in [0.717, 1.165) is 49.1 Å². The number of halogens is 3. The zero-order valence-electron chi connectivity index (χ0n) is 15.1. The van der Waals surface area contributed by atoms with Crippen LogP contribution < -0.4 is 10.6 Å². The number of anilines is 2. The van der Waals surface area contributed by atoms with Crippen LogP contribution in [0.2, 0.25) is 0 Å². The molecular formula is C20H20F3N5. The van der Waals surface area contributed by atoms with Crippen LogP contribution in [0.1, 0.15) is 35.8 Å². The largest absolute Gasteiger partial charge is 0.416 e. The van der Waals surface area contributed by atoms with Crippen LogP contribution in [0.25, 0.3) is 0 Å². The SMILES string of the molecule is FC(F)(F)c1ccnc(Nc2ccc(CNC3CCCn4ccnc43)cc2)c1. The topological polar surface area (TPSA) is 54.8 Å². The van der Waals surface area contributed by atoms with Gasteiger partial charge in [-0.1, -0.05) is 12.1 Å². The normalized spacial score (nSPS) is 16.6. The van der Waals surface area contributed by atoms with E-state index >= 15 is 0 Å². The van der Waals surface area contributed by atoms with Crippen LogP contribution in [0.4, 0.5) is 24.7 Å². The predicted molar refractivity (Wildman–Crippen MR) is 100 cm³/mol. The van der Waals surface area contributed by atoms with E-state index in [1.807, 2.05) is 36.7 Å². The number of hydrogen-bond acceptors (Lipinski definition) is 4. The summed E-state index contributed by atoms with van der Waals surface area (Å²) in [4.78, 5) is 8.39. The number of rotatable bonds is 5. The average molecular weight is 387 g/mol. The summed E-state index contributed by atoms with van der Waals surface area (Å²) in [6.45, 7) is 1.71. The van der Waals surface area contributed by atoms with Gasteiger partial charge in [0.25, 0.3) is 0 Å². The van der Waals surface area contributed by atoms with Crippen LogP contribution in [0.5, 0.6) is 0 Å². The lowest BCUT2D eigenvalue weighted by Crippen LogP contribution is -2.27. The van der Waals surface area contributed by atoms with Gasteiger partial charge in [0.1, 0.15) is 11.6 Å². The molecule has 2 aromatic heterocycles. The van der Waals surface area contributed by atoms with E-state index in [1.165, 1.54) is 0 Å². The number of fused-ring (bicyclic) bond motifs is 1. The van der Waals surface area contributed by atoms with Crippen LogP contribution in [-0.4, -0.2) is 14.5 Å². The fourth-order valence-corrected chi connectivity index (χ4v) is 3.38. The minimum absolute atomic E-state index is 0.162. The molecule has 0 spiro atoms. The van der Waals surface area contributed by atoms with Crippen molar-refractivity contribution in [3.8, 4) is 0 Å². The molecule has 1 unspecified atom stereocenters. The molecule has 1 aliphatic rings. The molecule has 3 aromatic rings. The molecule has 1 aromatic carbocycles. The van der Waals surface area contributed by atoms with Gasteiger partial charge in [0, 0.05) is 37.4 Å². The molecule has 28 heavy (non-hydrogen) atoms. The Bertz CT molecular complexity index is 934. The van der Waals surface area contributed by atoms with Gasteiger partial charge in [-0.2, -0.15) is 13.2 Å². The molecule has 0 bridgehead atoms. The molecule has 0 fully saturated rings. The Morgan fingerprint density at radius 1 is 1.07 bits per heavy atom. The lowest BCUT2D eigenvalue weighted by molar-refractivity contribution is -0.137. The average Bonchev–Trinajstić information content (AvgIpc) is 3.16. The molecule has 5 nitrogen and oxygen atoms in total. The molecule has 4 rings (SSSR count). The van der Waals surface area contributed by atoms with Gasteiger partial charge in [-0.15, -0.1) is 0 Å². The van der Waals surface area contributed by atoms with E-state index in [9.17, 15) is 13.2 Å². The van der Waals surface area contributed by atoms with Crippen LogP contribution >= 0.6 is 0 Å². The Labute approximate surface area is 160 Å². The number of nitrogens with zero attached hydrogens (tertiary/aromatic N) is 3. The molecule has 2 N–H and O–H groups in total. The summed E-state index contributed by atoms with van der Waals surface area (Å²) in [5.74, 6) is 1.23. The monoisotopic (exact) mass is 387 g/mol. The number of imidazole rings is 1. The third-order valence-electron chi connectivity index (χ3n) is 4.82. The predicted octanol–water partition coefficient (Wildman–Crippen LogP) is 4.67. The highest BCUT2D eigenvalue weighted by molar-refractivity contribution is 5.57. The first kappa shape index (κ1) is 18.5. The van der Waals surface area contributed by atoms with Crippen molar-refractivity contribution in [2.75, 3.05) is 5.32 Å². The van der Waals surface area contributed by atoms with Crippen LogP contribution in [-0.2, 0) is 19.3 Å². The van der Waals surface area contributed by atoms with Crippen molar-refractivity contribution in [2.45, 2.75) is 38.1 Å². The van der Waals surface area contributed by atoms with Crippen LogP contribution in [0.3, 0.4) is 0 Å². The Hall–Kier alpha value is -2.87. The molecule has 1 atom stereocenters. The summed E-state index contributed by atoms with van der Waals surface area (Å²) in [5.41, 5.74) is 1.05. The summed E-state index contributed by atoms with van der Waals surface area (Å²) in [7, 11) is 0. The molecule has 0 amide bonds. The van der Waals surface area contributed by atoms with Crippen LogP contribution in [0, 0.1) is 0 Å². The van der Waals surface area contributed by atoms with E-state index in [2.05, 4.69) is 25.2 Å². The Kier molecular flexibility index (Phi) is 5.04. The standard InChI is InChI=1S/C20H20F3N5/c21-20(22,23)15-7-8-24-18(12-15)27-16-5-3-14(4-6-16)13-26-17-2-1-10-28-11-9-25-19(17)28/h3-9,11-12,17,26H,1-2,10,13H2,(H,24,27). The van der Waals surface area contributed by atoms with Crippen molar-refractivity contribution in [1.29, 1.82) is 0 Å². The van der Waals surface area contributed by atoms with E-state index in [1.54, 1.807) is 0 Å². The van der Waals surface area contributed by atoms with Crippen molar-refractivity contribution >= 4 is 11.5 Å². The van der Waals surface area contributed by atoms with E-state index in [0.29, 0.717) is 12.2 Å². The molecule has 0 radical (unpaired) electrons. The first-order valence-corrected chi connectivity index (χ1v) is 9.13. The lowest BCUT2D eigenvalue weighted by Gasteiger charge is -2.24. The molecule has 0 saturated heterocycles. The minimum Gasteiger partial charge on any atom is -0.340 e. The van der Waals surface area contributed by atoms with Crippen molar-refractivity contribution in [3.63, 3.8) is 0 Å². The van der Waals surface area contributed by atoms with Crippen molar-refractivity contribution < 1.29 is 13.2 Å². The molecule has 3 heterocycles. The number of nitrogens with one attached hydrogen (secondary N) is 2. The zero-order chi connectivity index (χ0) is 19.6. The second-order valence-electron chi connectivity index (χ2n) is 6.80. The third-order valence-corrected chi connectivity index (χ3v) is 4.82. The molecule has 146 valence electrons. The summed E-state index contributed by atoms with van der Waals surface area (Å²) >= 11 is 0. The van der Waals surface area contributed by atoms with Crippen molar-refractivity contribution in [2.24, 2.45) is 0 Å². The second-order valence-corrected chi connectivity index (χ2v) is 6.80. The summed E-state index contributed by atoms with van der Waals surface area (Å²) in [6, 6.07) is 9.74. The Morgan fingerprint density at radius 3 is 2.68 bits per heavy atom. The summed E-state index contributed by atoms with van der Waals surface area (Å²) in [6.07, 6.45) is 2.77. The Balaban J connectivity index is 1.37. The Morgan fingerprint density at radius 2 is 1.89 bits per heavy atom. The van der Waals surface area contributed by atoms with Gasteiger partial charge in [-0.3, -0.25) is 0 Å². The zero-order valence-corrected chi connectivity index (χ0v) is 15.1. The smallest absolute Gasteiger partial charge is 0.340 e. The van der Waals surface area contributed by atoms with Gasteiger partial charge < -0.3 is 15.2 Å². The maximum absolute atomic E-state index is 12.8. The van der Waals surface area contributed by atoms with Gasteiger partial charge in [-0.25, -0.2) is 9.97 Å². The van der Waals surface area contributed by atoms with Crippen LogP contribution in [0.15, 0.2) is 55.0 Å². The maximum atomic E-state index is 12.8. The van der Waals surface area contributed by atoms with E-state index in [-0.39, 0.29) is 11.9 Å². The highest BCUT2D eigenvalue weighted by atomic mass is 19.4. The lowest BCUT2D eigenvalue weighted by atomic mass is 10.1. The number of benzene rings is 1. The fourth-order valence-electron chi connectivity index (χ4n) is 3.38. The summed E-state index contributed by atoms with van der Waals surface area (Å²) in [5, 5.41) is 6.45. The molecule has 0 aliphatic carbocycles. The first-order valence-electron chi connectivity index (χ1n) is 9.13. The quantitative estimate of drug-likeness (QED) is 0.668. The number of alkyl halides is 3.